The van der Waals surface area contributed by atoms with Crippen LogP contribution in [0.4, 0.5) is 0 Å². The van der Waals surface area contributed by atoms with E-state index < -0.39 is 0 Å². The molecule has 1 heterocycles. The summed E-state index contributed by atoms with van der Waals surface area (Å²) in [7, 11) is 0. The minimum absolute atomic E-state index is 0.0264. The van der Waals surface area contributed by atoms with Crippen molar-refractivity contribution in [2.24, 2.45) is 0 Å². The first kappa shape index (κ1) is 21.5. The zero-order valence-electron chi connectivity index (χ0n) is 17.3. The number of carbonyl (C=O) groups excluding carboxylic acids is 1. The predicted octanol–water partition coefficient (Wildman–Crippen LogP) is 3.93. The molecule has 0 aliphatic carbocycles. The van der Waals surface area contributed by atoms with E-state index in [-0.39, 0.29) is 24.2 Å². The molecule has 156 valence electrons. The first-order valence-corrected chi connectivity index (χ1v) is 10.5. The smallest absolute Gasteiger partial charge is 0.338 e. The average molecular weight is 398 g/mol. The molecule has 0 radical (unpaired) electrons. The van der Waals surface area contributed by atoms with Gasteiger partial charge in [-0.15, -0.1) is 0 Å². The first-order valence-electron chi connectivity index (χ1n) is 10.5. The van der Waals surface area contributed by atoms with Crippen molar-refractivity contribution in [2.45, 2.75) is 45.1 Å². The van der Waals surface area contributed by atoms with Gasteiger partial charge in [-0.3, -0.25) is 4.90 Å². The summed E-state index contributed by atoms with van der Waals surface area (Å²) >= 11 is 0. The third-order valence-electron chi connectivity index (χ3n) is 5.25. The molecule has 1 aliphatic heterocycles. The highest BCUT2D eigenvalue weighted by molar-refractivity contribution is 5.89. The largest absolute Gasteiger partial charge is 0.462 e. The Morgan fingerprint density at radius 2 is 1.62 bits per heavy atom. The Kier molecular flexibility index (Phi) is 8.23. The van der Waals surface area contributed by atoms with Crippen LogP contribution in [0.2, 0.25) is 0 Å². The van der Waals surface area contributed by atoms with Gasteiger partial charge in [0.05, 0.1) is 18.3 Å². The minimum Gasteiger partial charge on any atom is -0.462 e. The van der Waals surface area contributed by atoms with Gasteiger partial charge in [0.25, 0.3) is 0 Å². The highest BCUT2D eigenvalue weighted by atomic mass is 16.5. The lowest BCUT2D eigenvalue weighted by Crippen LogP contribution is -2.39. The molecule has 3 atom stereocenters. The summed E-state index contributed by atoms with van der Waals surface area (Å²) in [6.45, 7) is 7.30. The Bertz CT molecular complexity index is 737. The molecule has 1 saturated heterocycles. The Balaban J connectivity index is 1.66. The van der Waals surface area contributed by atoms with Crippen molar-refractivity contribution in [1.29, 1.82) is 0 Å². The third kappa shape index (κ3) is 5.89. The van der Waals surface area contributed by atoms with E-state index >= 15 is 0 Å². The number of rotatable bonds is 10. The molecule has 0 aromatic heterocycles. The second-order valence-electron chi connectivity index (χ2n) is 7.19. The van der Waals surface area contributed by atoms with E-state index in [1.807, 2.05) is 38.1 Å². The Morgan fingerprint density at radius 3 is 2.28 bits per heavy atom. The fraction of sp³-hybridized carbons (Fsp3) is 0.458. The molecule has 0 saturated carbocycles. The molecular formula is C24H31NO4. The van der Waals surface area contributed by atoms with Crippen LogP contribution in [-0.4, -0.2) is 55.5 Å². The lowest BCUT2D eigenvalue weighted by atomic mass is 10.1. The molecule has 2 aromatic rings. The number of carbonyl (C=O) groups is 1. The summed E-state index contributed by atoms with van der Waals surface area (Å²) in [5.74, 6) is -0.285. The van der Waals surface area contributed by atoms with Crippen molar-refractivity contribution in [2.75, 3.05) is 26.4 Å². The van der Waals surface area contributed by atoms with Crippen LogP contribution in [0.5, 0.6) is 0 Å². The van der Waals surface area contributed by atoms with Crippen molar-refractivity contribution in [1.82, 2.24) is 4.90 Å². The van der Waals surface area contributed by atoms with Crippen LogP contribution in [0, 0.1) is 0 Å². The normalized spacial score (nSPS) is 21.9. The second-order valence-corrected chi connectivity index (χ2v) is 7.19. The molecule has 0 bridgehead atoms. The van der Waals surface area contributed by atoms with E-state index in [0.29, 0.717) is 31.8 Å². The van der Waals surface area contributed by atoms with Crippen LogP contribution in [-0.2, 0) is 20.8 Å². The van der Waals surface area contributed by atoms with Gasteiger partial charge in [0.2, 0.25) is 0 Å². The summed E-state index contributed by atoms with van der Waals surface area (Å²) < 4.78 is 17.6. The van der Waals surface area contributed by atoms with Gasteiger partial charge >= 0.3 is 5.97 Å². The van der Waals surface area contributed by atoms with Crippen LogP contribution in [0.1, 0.15) is 36.2 Å². The molecular weight excluding hydrogens is 366 g/mol. The molecule has 2 aromatic carbocycles. The summed E-state index contributed by atoms with van der Waals surface area (Å²) in [6, 6.07) is 19.7. The number of nitrogens with zero attached hydrogens (tertiary/aromatic N) is 1. The molecule has 0 unspecified atom stereocenters. The maximum atomic E-state index is 12.3. The molecule has 29 heavy (non-hydrogen) atoms. The van der Waals surface area contributed by atoms with Gasteiger partial charge in [-0.1, -0.05) is 48.5 Å². The van der Waals surface area contributed by atoms with Crippen molar-refractivity contribution in [3.8, 4) is 0 Å². The monoisotopic (exact) mass is 397 g/mol. The van der Waals surface area contributed by atoms with Crippen LogP contribution < -0.4 is 0 Å². The fourth-order valence-electron chi connectivity index (χ4n) is 3.97. The Labute approximate surface area is 173 Å². The van der Waals surface area contributed by atoms with Crippen LogP contribution in [0.15, 0.2) is 60.7 Å². The molecule has 1 fully saturated rings. The second kappa shape index (κ2) is 11.1. The van der Waals surface area contributed by atoms with E-state index in [4.69, 9.17) is 14.2 Å². The van der Waals surface area contributed by atoms with Gasteiger partial charge < -0.3 is 14.2 Å². The maximum absolute atomic E-state index is 12.3. The molecule has 5 nitrogen and oxygen atoms in total. The topological polar surface area (TPSA) is 48.0 Å². The van der Waals surface area contributed by atoms with E-state index in [2.05, 4.69) is 29.2 Å². The number of hydrogen-bond acceptors (Lipinski definition) is 5. The first-order chi connectivity index (χ1) is 14.2. The minimum atomic E-state index is -0.285. The van der Waals surface area contributed by atoms with Gasteiger partial charge in [0, 0.05) is 32.3 Å². The standard InChI is InChI=1S/C24H31NO4/c1-3-27-22-18-25(17-19-11-7-5-8-12-19)21(23(22)28-4-2)15-16-29-24(26)20-13-9-6-10-14-20/h5-14,21-23H,3-4,15-18H2,1-2H3/t21-,22+,23-/m0/s1. The summed E-state index contributed by atoms with van der Waals surface area (Å²) in [6.07, 6.45) is 0.706. The SMILES string of the molecule is CCO[C@@H]1[C@H](OCC)CN(Cc2ccccc2)[C@H]1CCOC(=O)c1ccccc1. The van der Waals surface area contributed by atoms with Crippen molar-refractivity contribution in [3.05, 3.63) is 71.8 Å². The van der Waals surface area contributed by atoms with Crippen molar-refractivity contribution >= 4 is 5.97 Å². The van der Waals surface area contributed by atoms with E-state index in [1.54, 1.807) is 12.1 Å². The van der Waals surface area contributed by atoms with Crippen LogP contribution in [0.3, 0.4) is 0 Å². The molecule has 0 amide bonds. The van der Waals surface area contributed by atoms with Crippen molar-refractivity contribution < 1.29 is 19.0 Å². The Hall–Kier alpha value is -2.21. The molecule has 5 heteroatoms. The van der Waals surface area contributed by atoms with Gasteiger partial charge in [-0.2, -0.15) is 0 Å². The van der Waals surface area contributed by atoms with Gasteiger partial charge in [0.1, 0.15) is 6.10 Å². The summed E-state index contributed by atoms with van der Waals surface area (Å²) in [5, 5.41) is 0. The molecule has 3 rings (SSSR count). The zero-order valence-corrected chi connectivity index (χ0v) is 17.3. The van der Waals surface area contributed by atoms with Gasteiger partial charge in [-0.05, 0) is 38.0 Å². The number of benzene rings is 2. The van der Waals surface area contributed by atoms with Crippen molar-refractivity contribution in [3.63, 3.8) is 0 Å². The maximum Gasteiger partial charge on any atom is 0.338 e. The highest BCUT2D eigenvalue weighted by Crippen LogP contribution is 2.28. The number of likely N-dealkylation sites (tertiary alicyclic amines) is 1. The lowest BCUT2D eigenvalue weighted by molar-refractivity contribution is -0.0545. The van der Waals surface area contributed by atoms with E-state index in [9.17, 15) is 4.79 Å². The predicted molar refractivity (Wildman–Crippen MR) is 113 cm³/mol. The lowest BCUT2D eigenvalue weighted by Gasteiger charge is -2.28. The van der Waals surface area contributed by atoms with Crippen LogP contribution in [0.25, 0.3) is 0 Å². The molecule has 0 spiro atoms. The van der Waals surface area contributed by atoms with Gasteiger partial charge in [0.15, 0.2) is 0 Å². The summed E-state index contributed by atoms with van der Waals surface area (Å²) in [5.41, 5.74) is 1.83. The number of hydrogen-bond donors (Lipinski definition) is 0. The number of esters is 1. The van der Waals surface area contributed by atoms with Gasteiger partial charge in [-0.25, -0.2) is 4.79 Å². The fourth-order valence-corrected chi connectivity index (χ4v) is 3.97. The number of ether oxygens (including phenoxy) is 3. The van der Waals surface area contributed by atoms with E-state index in [1.165, 1.54) is 5.56 Å². The van der Waals surface area contributed by atoms with Crippen LogP contribution >= 0.6 is 0 Å². The third-order valence-corrected chi connectivity index (χ3v) is 5.25. The molecule has 1 aliphatic rings. The Morgan fingerprint density at radius 1 is 0.966 bits per heavy atom. The van der Waals surface area contributed by atoms with E-state index in [0.717, 1.165) is 13.1 Å². The average Bonchev–Trinajstić information content (AvgIpc) is 3.06. The zero-order chi connectivity index (χ0) is 20.5. The quantitative estimate of drug-likeness (QED) is 0.569. The summed E-state index contributed by atoms with van der Waals surface area (Å²) in [4.78, 5) is 14.7. The molecule has 0 N–H and O–H groups in total. The highest BCUT2D eigenvalue weighted by Gasteiger charge is 2.42.